The van der Waals surface area contributed by atoms with Gasteiger partial charge in [-0.2, -0.15) is 0 Å². The van der Waals surface area contributed by atoms with Gasteiger partial charge in [0.2, 0.25) is 5.91 Å². The summed E-state index contributed by atoms with van der Waals surface area (Å²) in [5.41, 5.74) is -0.204. The maximum absolute atomic E-state index is 12.5. The number of hydrogen-bond donors (Lipinski definition) is 2. The number of hydrogen-bond acceptors (Lipinski definition) is 3. The summed E-state index contributed by atoms with van der Waals surface area (Å²) in [5.74, 6) is -1.27. The molecule has 0 heterocycles. The second-order valence-electron chi connectivity index (χ2n) is 7.21. The van der Waals surface area contributed by atoms with Gasteiger partial charge < -0.3 is 15.2 Å². The fourth-order valence-corrected chi connectivity index (χ4v) is 3.93. The van der Waals surface area contributed by atoms with Gasteiger partial charge in [-0.25, -0.2) is 0 Å². The van der Waals surface area contributed by atoms with Gasteiger partial charge in [0.05, 0.1) is 11.5 Å². The zero-order valence-electron chi connectivity index (χ0n) is 14.3. The molecule has 2 rings (SSSR count). The van der Waals surface area contributed by atoms with Gasteiger partial charge in [0.25, 0.3) is 0 Å². The van der Waals surface area contributed by atoms with Crippen molar-refractivity contribution in [1.82, 2.24) is 5.32 Å². The third-order valence-electron chi connectivity index (χ3n) is 5.36. The third-order valence-corrected chi connectivity index (χ3v) is 5.36. The number of nitrogens with one attached hydrogen (secondary N) is 1. The molecular weight excluding hydrogens is 294 g/mol. The van der Waals surface area contributed by atoms with Crippen LogP contribution in [0.2, 0.25) is 0 Å². The molecule has 2 unspecified atom stereocenters. The molecule has 0 aromatic heterocycles. The number of carboxylic acid groups (broad SMARTS) is 1. The summed E-state index contributed by atoms with van der Waals surface area (Å²) in [4.78, 5) is 23.6. The molecule has 5 nitrogen and oxygen atoms in total. The Morgan fingerprint density at radius 3 is 2.48 bits per heavy atom. The number of aliphatic carboxylic acids is 1. The first-order valence-corrected chi connectivity index (χ1v) is 9.21. The van der Waals surface area contributed by atoms with Gasteiger partial charge in [0.15, 0.2) is 0 Å². The van der Waals surface area contributed by atoms with E-state index in [0.717, 1.165) is 51.6 Å². The average Bonchev–Trinajstić information content (AvgIpc) is 2.59. The van der Waals surface area contributed by atoms with E-state index in [0.29, 0.717) is 19.4 Å². The quantitative estimate of drug-likeness (QED) is 0.754. The lowest BCUT2D eigenvalue weighted by atomic mass is 9.80. The van der Waals surface area contributed by atoms with Crippen molar-refractivity contribution in [2.24, 2.45) is 11.8 Å². The fraction of sp³-hybridized carbons (Fsp3) is 0.889. The molecule has 0 aliphatic heterocycles. The molecule has 2 N–H and O–H groups in total. The van der Waals surface area contributed by atoms with Crippen LogP contribution >= 0.6 is 0 Å². The molecule has 2 fully saturated rings. The van der Waals surface area contributed by atoms with Crippen LogP contribution in [0.5, 0.6) is 0 Å². The van der Waals surface area contributed by atoms with Crippen molar-refractivity contribution in [2.45, 2.75) is 76.7 Å². The number of carboxylic acids is 1. The Bertz CT molecular complexity index is 404. The molecule has 5 heteroatoms. The van der Waals surface area contributed by atoms with Crippen molar-refractivity contribution >= 4 is 11.9 Å². The molecular formula is C18H31NO4. The zero-order chi connectivity index (χ0) is 16.7. The Hall–Kier alpha value is -1.10. The van der Waals surface area contributed by atoms with E-state index in [9.17, 15) is 9.59 Å². The molecule has 0 aromatic carbocycles. The molecule has 132 valence electrons. The highest BCUT2D eigenvalue weighted by molar-refractivity contribution is 5.80. The summed E-state index contributed by atoms with van der Waals surface area (Å²) in [7, 11) is 0. The first-order valence-electron chi connectivity index (χ1n) is 9.21. The maximum Gasteiger partial charge on any atom is 0.306 e. The SMILES string of the molecule is CCCOC1(CNC(=O)C2CCCC(C(=O)O)C2)CCCCC1. The Morgan fingerprint density at radius 2 is 1.83 bits per heavy atom. The summed E-state index contributed by atoms with van der Waals surface area (Å²) in [6, 6.07) is 0. The lowest BCUT2D eigenvalue weighted by molar-refractivity contribution is -0.144. The molecule has 2 saturated carbocycles. The molecule has 0 spiro atoms. The largest absolute Gasteiger partial charge is 0.481 e. The molecule has 23 heavy (non-hydrogen) atoms. The van der Waals surface area contributed by atoms with E-state index in [4.69, 9.17) is 9.84 Å². The minimum atomic E-state index is -0.766. The van der Waals surface area contributed by atoms with Crippen LogP contribution in [0, 0.1) is 11.8 Å². The number of rotatable bonds is 7. The third kappa shape index (κ3) is 5.20. The fourth-order valence-electron chi connectivity index (χ4n) is 3.93. The summed E-state index contributed by atoms with van der Waals surface area (Å²) < 4.78 is 6.11. The van der Waals surface area contributed by atoms with E-state index in [2.05, 4.69) is 12.2 Å². The maximum atomic E-state index is 12.5. The van der Waals surface area contributed by atoms with Crippen molar-refractivity contribution in [1.29, 1.82) is 0 Å². The van der Waals surface area contributed by atoms with Gasteiger partial charge in [-0.05, 0) is 38.5 Å². The van der Waals surface area contributed by atoms with Crippen LogP contribution in [0.15, 0.2) is 0 Å². The minimum absolute atomic E-state index is 0.0148. The standard InChI is InChI=1S/C18H31NO4/c1-2-11-23-18(9-4-3-5-10-18)13-19-16(20)14-7-6-8-15(12-14)17(21)22/h14-15H,2-13H2,1H3,(H,19,20)(H,21,22). The summed E-state index contributed by atoms with van der Waals surface area (Å²) >= 11 is 0. The second kappa shape index (κ2) is 8.67. The van der Waals surface area contributed by atoms with Crippen LogP contribution in [0.1, 0.15) is 71.1 Å². The van der Waals surface area contributed by atoms with Gasteiger partial charge in [-0.1, -0.05) is 32.6 Å². The first kappa shape index (κ1) is 18.2. The van der Waals surface area contributed by atoms with Crippen molar-refractivity contribution < 1.29 is 19.4 Å². The Labute approximate surface area is 139 Å². The number of carbonyl (C=O) groups is 2. The molecule has 2 aliphatic carbocycles. The van der Waals surface area contributed by atoms with Crippen molar-refractivity contribution in [2.75, 3.05) is 13.2 Å². The van der Waals surface area contributed by atoms with E-state index >= 15 is 0 Å². The molecule has 2 atom stereocenters. The highest BCUT2D eigenvalue weighted by Crippen LogP contribution is 2.32. The van der Waals surface area contributed by atoms with Crippen LogP contribution in [-0.4, -0.2) is 35.7 Å². The van der Waals surface area contributed by atoms with E-state index in [1.165, 1.54) is 6.42 Å². The van der Waals surface area contributed by atoms with Gasteiger partial charge in [0, 0.05) is 19.1 Å². The van der Waals surface area contributed by atoms with Gasteiger partial charge >= 0.3 is 5.97 Å². The normalized spacial score (nSPS) is 27.3. The summed E-state index contributed by atoms with van der Waals surface area (Å²) in [6.45, 7) is 3.41. The van der Waals surface area contributed by atoms with Crippen LogP contribution in [0.25, 0.3) is 0 Å². The lowest BCUT2D eigenvalue weighted by Gasteiger charge is -2.38. The number of ether oxygens (including phenoxy) is 1. The molecule has 2 aliphatic rings. The van der Waals surface area contributed by atoms with Gasteiger partial charge in [-0.15, -0.1) is 0 Å². The lowest BCUT2D eigenvalue weighted by Crippen LogP contribution is -2.48. The van der Waals surface area contributed by atoms with Crippen LogP contribution < -0.4 is 5.32 Å². The second-order valence-corrected chi connectivity index (χ2v) is 7.21. The van der Waals surface area contributed by atoms with Gasteiger partial charge in [0.1, 0.15) is 0 Å². The highest BCUT2D eigenvalue weighted by Gasteiger charge is 2.35. The monoisotopic (exact) mass is 325 g/mol. The van der Waals surface area contributed by atoms with E-state index in [-0.39, 0.29) is 23.3 Å². The van der Waals surface area contributed by atoms with Crippen molar-refractivity contribution in [3.05, 3.63) is 0 Å². The zero-order valence-corrected chi connectivity index (χ0v) is 14.3. The Balaban J connectivity index is 1.86. The predicted octanol–water partition coefficient (Wildman–Crippen LogP) is 3.12. The molecule has 0 radical (unpaired) electrons. The van der Waals surface area contributed by atoms with E-state index < -0.39 is 5.97 Å². The number of amides is 1. The molecule has 0 saturated heterocycles. The average molecular weight is 325 g/mol. The van der Waals surface area contributed by atoms with E-state index in [1.807, 2.05) is 0 Å². The smallest absolute Gasteiger partial charge is 0.306 e. The summed E-state index contributed by atoms with van der Waals surface area (Å²) in [6.07, 6.45) is 9.36. The van der Waals surface area contributed by atoms with Crippen molar-refractivity contribution in [3.63, 3.8) is 0 Å². The Morgan fingerprint density at radius 1 is 1.13 bits per heavy atom. The van der Waals surface area contributed by atoms with Crippen LogP contribution in [0.3, 0.4) is 0 Å². The van der Waals surface area contributed by atoms with Crippen LogP contribution in [0.4, 0.5) is 0 Å². The van der Waals surface area contributed by atoms with Crippen molar-refractivity contribution in [3.8, 4) is 0 Å². The highest BCUT2D eigenvalue weighted by atomic mass is 16.5. The number of carbonyl (C=O) groups excluding carboxylic acids is 1. The summed E-state index contributed by atoms with van der Waals surface area (Å²) in [5, 5.41) is 12.2. The Kier molecular flexibility index (Phi) is 6.88. The van der Waals surface area contributed by atoms with Gasteiger partial charge in [-0.3, -0.25) is 9.59 Å². The topological polar surface area (TPSA) is 75.6 Å². The minimum Gasteiger partial charge on any atom is -0.481 e. The predicted molar refractivity (Wildman–Crippen MR) is 88.2 cm³/mol. The van der Waals surface area contributed by atoms with Crippen LogP contribution in [-0.2, 0) is 14.3 Å². The molecule has 0 bridgehead atoms. The van der Waals surface area contributed by atoms with E-state index in [1.54, 1.807) is 0 Å². The first-order chi connectivity index (χ1) is 11.1. The molecule has 0 aromatic rings. The molecule has 1 amide bonds.